The van der Waals surface area contributed by atoms with Gasteiger partial charge in [-0.25, -0.2) is 0 Å². The average molecular weight is 451 g/mol. The molecule has 0 saturated heterocycles. The summed E-state index contributed by atoms with van der Waals surface area (Å²) in [6.07, 6.45) is -0.751. The largest absolute Gasteiger partial charge is 0.489 e. The van der Waals surface area contributed by atoms with Gasteiger partial charge in [0.15, 0.2) is 0 Å². The van der Waals surface area contributed by atoms with Crippen LogP contribution in [0.25, 0.3) is 10.4 Å². The number of carboxylic acid groups (broad SMARTS) is 1. The number of hydrogen-bond acceptors (Lipinski definition) is 4. The molecule has 8 heteroatoms. The maximum Gasteiger partial charge on any atom is 0.303 e. The van der Waals surface area contributed by atoms with E-state index in [2.05, 4.69) is 32.6 Å². The molecule has 0 heterocycles. The lowest BCUT2D eigenvalue weighted by Gasteiger charge is -2.12. The molecule has 0 aliphatic rings. The molecule has 2 N–H and O–H groups in total. The first-order chi connectivity index (χ1) is 12.0. The van der Waals surface area contributed by atoms with Crippen LogP contribution in [0.3, 0.4) is 0 Å². The summed E-state index contributed by atoms with van der Waals surface area (Å²) >= 11 is 2.17. The van der Waals surface area contributed by atoms with E-state index in [1.54, 1.807) is 30.3 Å². The van der Waals surface area contributed by atoms with E-state index < -0.39 is 12.1 Å². The van der Waals surface area contributed by atoms with Crippen LogP contribution < -0.4 is 4.74 Å². The van der Waals surface area contributed by atoms with Gasteiger partial charge in [-0.1, -0.05) is 23.3 Å². The number of aliphatic hydroxyl groups is 1. The molecular formula is C17H16IN3O4. The van der Waals surface area contributed by atoms with E-state index in [9.17, 15) is 9.90 Å². The fourth-order valence-electron chi connectivity index (χ4n) is 2.19. The molecule has 0 fully saturated rings. The highest BCUT2D eigenvalue weighted by Crippen LogP contribution is 2.25. The number of benzene rings is 2. The molecule has 0 saturated carbocycles. The van der Waals surface area contributed by atoms with E-state index in [0.717, 1.165) is 9.13 Å². The van der Waals surface area contributed by atoms with E-state index in [0.29, 0.717) is 17.0 Å². The molecule has 2 rings (SSSR count). The second-order valence-electron chi connectivity index (χ2n) is 5.27. The number of aliphatic carboxylic acids is 1. The van der Waals surface area contributed by atoms with Gasteiger partial charge in [-0.3, -0.25) is 4.79 Å². The third kappa shape index (κ3) is 5.93. The zero-order valence-electron chi connectivity index (χ0n) is 13.2. The smallest absolute Gasteiger partial charge is 0.303 e. The molecule has 0 aliphatic heterocycles. The number of nitrogens with zero attached hydrogens (tertiary/aromatic N) is 3. The lowest BCUT2D eigenvalue weighted by atomic mass is 10.0. The fourth-order valence-corrected chi connectivity index (χ4v) is 2.75. The van der Waals surface area contributed by atoms with E-state index >= 15 is 0 Å². The third-order valence-corrected chi connectivity index (χ3v) is 4.16. The molecule has 2 aromatic rings. The minimum absolute atomic E-state index is 0.0890. The second kappa shape index (κ2) is 9.26. The Labute approximate surface area is 158 Å². The topological polar surface area (TPSA) is 116 Å². The zero-order valence-corrected chi connectivity index (χ0v) is 15.3. The second-order valence-corrected chi connectivity index (χ2v) is 6.51. The van der Waals surface area contributed by atoms with Crippen molar-refractivity contribution in [2.45, 2.75) is 25.6 Å². The van der Waals surface area contributed by atoms with E-state index in [4.69, 9.17) is 15.4 Å². The SMILES string of the molecule is [N-]=[N+]=Nc1ccc([125I])cc1COc1ccc(C(O)CCC(=O)O)cc1. The Hall–Kier alpha value is -2.29. The number of hydrogen-bond donors (Lipinski definition) is 2. The lowest BCUT2D eigenvalue weighted by molar-refractivity contribution is -0.137. The van der Waals surface area contributed by atoms with Gasteiger partial charge in [-0.2, -0.15) is 0 Å². The molecule has 0 radical (unpaired) electrons. The van der Waals surface area contributed by atoms with Crippen LogP contribution in [0.1, 0.15) is 30.1 Å². The summed E-state index contributed by atoms with van der Waals surface area (Å²) in [4.78, 5) is 13.4. The molecule has 0 bridgehead atoms. The summed E-state index contributed by atoms with van der Waals surface area (Å²) in [5, 5.41) is 22.2. The van der Waals surface area contributed by atoms with Crippen molar-refractivity contribution < 1.29 is 19.7 Å². The first-order valence-electron chi connectivity index (χ1n) is 7.45. The van der Waals surface area contributed by atoms with Crippen LogP contribution in [0, 0.1) is 3.57 Å². The normalized spacial score (nSPS) is 11.4. The fraction of sp³-hybridized carbons (Fsp3) is 0.235. The standard InChI is InChI=1S/C17H16IN3O4/c18-13-3-6-15(20-21-19)12(9-13)10-25-14-4-1-11(2-5-14)16(22)7-8-17(23)24/h1-6,9,16,22H,7-8,10H2,(H,23,24)/i18-2. The van der Waals surface area contributed by atoms with Gasteiger partial charge < -0.3 is 14.9 Å². The Bertz CT molecular complexity index is 789. The number of rotatable bonds is 8. The summed E-state index contributed by atoms with van der Waals surface area (Å²) in [6.45, 7) is 0.242. The number of ether oxygens (including phenoxy) is 1. The number of carboxylic acids is 1. The van der Waals surface area contributed by atoms with Crippen LogP contribution in [-0.4, -0.2) is 16.2 Å². The van der Waals surface area contributed by atoms with Crippen molar-refractivity contribution in [1.82, 2.24) is 0 Å². The van der Waals surface area contributed by atoms with E-state index in [1.807, 2.05) is 12.1 Å². The molecule has 7 nitrogen and oxygen atoms in total. The maximum absolute atomic E-state index is 10.5. The molecule has 1 atom stereocenters. The van der Waals surface area contributed by atoms with Crippen LogP contribution in [0.2, 0.25) is 0 Å². The summed E-state index contributed by atoms with van der Waals surface area (Å²) in [5.41, 5.74) is 10.5. The van der Waals surface area contributed by atoms with Crippen LogP contribution in [-0.2, 0) is 11.4 Å². The Morgan fingerprint density at radius 2 is 2.00 bits per heavy atom. The minimum Gasteiger partial charge on any atom is -0.489 e. The predicted octanol–water partition coefficient (Wildman–Crippen LogP) is 4.71. The van der Waals surface area contributed by atoms with Crippen LogP contribution in [0.15, 0.2) is 47.6 Å². The summed E-state index contributed by atoms with van der Waals surface area (Å²) in [7, 11) is 0. The highest BCUT2D eigenvalue weighted by molar-refractivity contribution is 14.1. The molecular weight excluding hydrogens is 435 g/mol. The first kappa shape index (κ1) is 19.0. The summed E-state index contributed by atoms with van der Waals surface area (Å²) in [6, 6.07) is 12.3. The first-order valence-corrected chi connectivity index (χ1v) is 8.53. The number of carbonyl (C=O) groups is 1. The Morgan fingerprint density at radius 3 is 2.64 bits per heavy atom. The Balaban J connectivity index is 2.01. The van der Waals surface area contributed by atoms with Crippen molar-refractivity contribution in [2.24, 2.45) is 5.11 Å². The number of aliphatic hydroxyl groups excluding tert-OH is 1. The van der Waals surface area contributed by atoms with Gasteiger partial charge in [0.05, 0.1) is 6.10 Å². The lowest BCUT2D eigenvalue weighted by Crippen LogP contribution is -2.02. The van der Waals surface area contributed by atoms with Gasteiger partial charge in [-0.15, -0.1) is 0 Å². The molecule has 0 aromatic heterocycles. The molecule has 0 amide bonds. The molecule has 2 aromatic carbocycles. The number of halogens is 1. The van der Waals surface area contributed by atoms with Crippen molar-refractivity contribution in [3.63, 3.8) is 0 Å². The van der Waals surface area contributed by atoms with Gasteiger partial charge >= 0.3 is 5.97 Å². The van der Waals surface area contributed by atoms with Crippen molar-refractivity contribution in [3.05, 3.63) is 67.6 Å². The van der Waals surface area contributed by atoms with Crippen molar-refractivity contribution in [3.8, 4) is 5.75 Å². The van der Waals surface area contributed by atoms with Crippen molar-refractivity contribution in [1.29, 1.82) is 0 Å². The van der Waals surface area contributed by atoms with Crippen LogP contribution in [0.4, 0.5) is 5.69 Å². The quantitative estimate of drug-likeness (QED) is 0.262. The zero-order chi connectivity index (χ0) is 18.2. The average Bonchev–Trinajstić information content (AvgIpc) is 2.60. The monoisotopic (exact) mass is 451 g/mol. The van der Waals surface area contributed by atoms with Crippen molar-refractivity contribution in [2.75, 3.05) is 0 Å². The molecule has 0 aliphatic carbocycles. The van der Waals surface area contributed by atoms with Gasteiger partial charge in [0, 0.05) is 20.6 Å². The van der Waals surface area contributed by atoms with E-state index in [1.165, 1.54) is 0 Å². The van der Waals surface area contributed by atoms with Crippen LogP contribution >= 0.6 is 22.6 Å². The van der Waals surface area contributed by atoms with Crippen molar-refractivity contribution >= 4 is 34.2 Å². The minimum atomic E-state index is -0.938. The summed E-state index contributed by atoms with van der Waals surface area (Å²) in [5.74, 6) is -0.340. The van der Waals surface area contributed by atoms with Gasteiger partial charge in [0.2, 0.25) is 0 Å². The maximum atomic E-state index is 10.5. The van der Waals surface area contributed by atoms with Crippen LogP contribution in [0.5, 0.6) is 5.75 Å². The Morgan fingerprint density at radius 1 is 1.28 bits per heavy atom. The summed E-state index contributed by atoms with van der Waals surface area (Å²) < 4.78 is 6.71. The van der Waals surface area contributed by atoms with E-state index in [-0.39, 0.29) is 19.4 Å². The molecule has 25 heavy (non-hydrogen) atoms. The van der Waals surface area contributed by atoms with Gasteiger partial charge in [-0.05, 0) is 69.9 Å². The highest BCUT2D eigenvalue weighted by Gasteiger charge is 2.10. The predicted molar refractivity (Wildman–Crippen MR) is 101 cm³/mol. The van der Waals surface area contributed by atoms with Gasteiger partial charge in [0.1, 0.15) is 12.4 Å². The van der Waals surface area contributed by atoms with Gasteiger partial charge in [0.25, 0.3) is 0 Å². The Kier molecular flexibility index (Phi) is 7.05. The molecule has 0 spiro atoms. The third-order valence-electron chi connectivity index (χ3n) is 3.48. The number of azide groups is 1. The molecule has 130 valence electrons. The molecule has 1 unspecified atom stereocenters. The highest BCUT2D eigenvalue weighted by atomic mass is 125.